The molecule has 0 saturated carbocycles. The highest BCUT2D eigenvalue weighted by atomic mass is 16.3. The second kappa shape index (κ2) is 7.25. The van der Waals surface area contributed by atoms with Crippen molar-refractivity contribution in [2.45, 2.75) is 51.7 Å². The Hall–Kier alpha value is -0.120. The van der Waals surface area contributed by atoms with Crippen LogP contribution < -0.4 is 5.32 Å². The summed E-state index contributed by atoms with van der Waals surface area (Å²) in [7, 11) is 2.03. The van der Waals surface area contributed by atoms with Crippen LogP contribution in [0.3, 0.4) is 0 Å². The van der Waals surface area contributed by atoms with Gasteiger partial charge in [-0.1, -0.05) is 20.3 Å². The van der Waals surface area contributed by atoms with Crippen LogP contribution in [0.15, 0.2) is 0 Å². The molecule has 3 atom stereocenters. The summed E-state index contributed by atoms with van der Waals surface area (Å²) < 4.78 is 0. The Kier molecular flexibility index (Phi) is 6.32. The number of hydrogen-bond acceptors (Lipinski definition) is 3. The van der Waals surface area contributed by atoms with E-state index in [9.17, 15) is 5.11 Å². The summed E-state index contributed by atoms with van der Waals surface area (Å²) in [4.78, 5) is 2.51. The average molecular weight is 228 g/mol. The number of likely N-dealkylation sites (N-methyl/N-ethyl adjacent to an activating group) is 1. The van der Waals surface area contributed by atoms with Gasteiger partial charge in [0.1, 0.15) is 0 Å². The van der Waals surface area contributed by atoms with Crippen LogP contribution in [0.1, 0.15) is 39.5 Å². The Balaban J connectivity index is 2.47. The van der Waals surface area contributed by atoms with Crippen molar-refractivity contribution >= 4 is 0 Å². The van der Waals surface area contributed by atoms with Crippen molar-refractivity contribution in [1.29, 1.82) is 0 Å². The first kappa shape index (κ1) is 13.9. The minimum atomic E-state index is -0.125. The lowest BCUT2D eigenvalue weighted by Crippen LogP contribution is -2.51. The molecule has 1 aliphatic rings. The molecule has 96 valence electrons. The smallest absolute Gasteiger partial charge is 0.0578 e. The molecule has 0 aromatic heterocycles. The molecule has 1 fully saturated rings. The zero-order chi connectivity index (χ0) is 12.0. The van der Waals surface area contributed by atoms with Gasteiger partial charge in [0, 0.05) is 19.1 Å². The Bertz CT molecular complexity index is 187. The third kappa shape index (κ3) is 4.04. The molecule has 0 aromatic carbocycles. The molecule has 3 heteroatoms. The van der Waals surface area contributed by atoms with Crippen molar-refractivity contribution in [3.63, 3.8) is 0 Å². The first-order chi connectivity index (χ1) is 7.71. The van der Waals surface area contributed by atoms with Gasteiger partial charge in [0.15, 0.2) is 0 Å². The van der Waals surface area contributed by atoms with E-state index in [1.165, 1.54) is 19.4 Å². The molecule has 1 heterocycles. The summed E-state index contributed by atoms with van der Waals surface area (Å²) in [6.45, 7) is 7.71. The number of nitrogens with zero attached hydrogens (tertiary/aromatic N) is 1. The minimum absolute atomic E-state index is 0.125. The van der Waals surface area contributed by atoms with E-state index in [1.54, 1.807) is 0 Å². The minimum Gasteiger partial charge on any atom is -0.393 e. The number of aliphatic hydroxyl groups is 1. The van der Waals surface area contributed by atoms with E-state index in [0.29, 0.717) is 12.0 Å². The van der Waals surface area contributed by atoms with E-state index in [1.807, 2.05) is 7.05 Å². The van der Waals surface area contributed by atoms with Crippen LogP contribution in [-0.2, 0) is 0 Å². The standard InChI is InChI=1S/C13H28N2O/c1-4-6-7-15-9-11(13(16)5-2)8-12(10-15)14-3/h11-14,16H,4-10H2,1-3H3. The lowest BCUT2D eigenvalue weighted by atomic mass is 9.88. The van der Waals surface area contributed by atoms with E-state index in [-0.39, 0.29) is 6.10 Å². The van der Waals surface area contributed by atoms with Crippen LogP contribution in [0, 0.1) is 5.92 Å². The van der Waals surface area contributed by atoms with Gasteiger partial charge in [-0.25, -0.2) is 0 Å². The third-order valence-corrected chi connectivity index (χ3v) is 3.76. The highest BCUT2D eigenvalue weighted by Crippen LogP contribution is 2.22. The molecular weight excluding hydrogens is 200 g/mol. The second-order valence-corrected chi connectivity index (χ2v) is 5.07. The number of piperidine rings is 1. The lowest BCUT2D eigenvalue weighted by Gasteiger charge is -2.39. The predicted molar refractivity (Wildman–Crippen MR) is 68.6 cm³/mol. The fourth-order valence-corrected chi connectivity index (χ4v) is 2.62. The van der Waals surface area contributed by atoms with Gasteiger partial charge in [0.25, 0.3) is 0 Å². The zero-order valence-corrected chi connectivity index (χ0v) is 11.1. The SMILES string of the molecule is CCCCN1CC(NC)CC(C(O)CC)C1. The van der Waals surface area contributed by atoms with Crippen LogP contribution in [0.25, 0.3) is 0 Å². The molecule has 1 aliphatic heterocycles. The summed E-state index contributed by atoms with van der Waals surface area (Å²) in [6.07, 6.45) is 4.39. The summed E-state index contributed by atoms with van der Waals surface area (Å²) in [5, 5.41) is 13.4. The van der Waals surface area contributed by atoms with Gasteiger partial charge in [0.2, 0.25) is 0 Å². The van der Waals surface area contributed by atoms with Crippen LogP contribution >= 0.6 is 0 Å². The van der Waals surface area contributed by atoms with Gasteiger partial charge in [-0.3, -0.25) is 0 Å². The van der Waals surface area contributed by atoms with Crippen molar-refractivity contribution in [2.24, 2.45) is 5.92 Å². The first-order valence-corrected chi connectivity index (χ1v) is 6.78. The molecule has 2 N–H and O–H groups in total. The number of nitrogens with one attached hydrogen (secondary N) is 1. The number of unbranched alkanes of at least 4 members (excludes halogenated alkanes) is 1. The highest BCUT2D eigenvalue weighted by Gasteiger charge is 2.29. The Labute approximate surface area is 100 Å². The van der Waals surface area contributed by atoms with Gasteiger partial charge in [-0.2, -0.15) is 0 Å². The second-order valence-electron chi connectivity index (χ2n) is 5.07. The normalized spacial score (nSPS) is 29.2. The Morgan fingerprint density at radius 1 is 1.38 bits per heavy atom. The van der Waals surface area contributed by atoms with Crippen LogP contribution in [0.2, 0.25) is 0 Å². The Morgan fingerprint density at radius 2 is 2.12 bits per heavy atom. The molecule has 0 spiro atoms. The van der Waals surface area contributed by atoms with Crippen molar-refractivity contribution in [1.82, 2.24) is 10.2 Å². The van der Waals surface area contributed by atoms with Crippen LogP contribution in [0.5, 0.6) is 0 Å². The van der Waals surface area contributed by atoms with Gasteiger partial charge in [-0.15, -0.1) is 0 Å². The molecule has 0 bridgehead atoms. The van der Waals surface area contributed by atoms with Gasteiger partial charge >= 0.3 is 0 Å². The molecule has 3 nitrogen and oxygen atoms in total. The van der Waals surface area contributed by atoms with Crippen LogP contribution in [0.4, 0.5) is 0 Å². The highest BCUT2D eigenvalue weighted by molar-refractivity contribution is 4.85. The third-order valence-electron chi connectivity index (χ3n) is 3.76. The van der Waals surface area contributed by atoms with Crippen molar-refractivity contribution < 1.29 is 5.11 Å². The molecule has 3 unspecified atom stereocenters. The molecule has 16 heavy (non-hydrogen) atoms. The van der Waals surface area contributed by atoms with E-state index in [0.717, 1.165) is 25.9 Å². The average Bonchev–Trinajstić information content (AvgIpc) is 2.34. The summed E-state index contributed by atoms with van der Waals surface area (Å²) in [5.41, 5.74) is 0. The maximum atomic E-state index is 9.98. The van der Waals surface area contributed by atoms with E-state index in [2.05, 4.69) is 24.1 Å². The topological polar surface area (TPSA) is 35.5 Å². The van der Waals surface area contributed by atoms with Crippen molar-refractivity contribution in [3.05, 3.63) is 0 Å². The van der Waals surface area contributed by atoms with E-state index in [4.69, 9.17) is 0 Å². The lowest BCUT2D eigenvalue weighted by molar-refractivity contribution is 0.0365. The van der Waals surface area contributed by atoms with E-state index >= 15 is 0 Å². The maximum absolute atomic E-state index is 9.98. The monoisotopic (exact) mass is 228 g/mol. The number of aliphatic hydroxyl groups excluding tert-OH is 1. The van der Waals surface area contributed by atoms with Gasteiger partial charge in [-0.05, 0) is 38.8 Å². The Morgan fingerprint density at radius 3 is 2.69 bits per heavy atom. The summed E-state index contributed by atoms with van der Waals surface area (Å²) in [6, 6.07) is 0.553. The quantitative estimate of drug-likeness (QED) is 0.722. The summed E-state index contributed by atoms with van der Waals surface area (Å²) in [5.74, 6) is 0.452. The molecule has 0 radical (unpaired) electrons. The molecule has 1 saturated heterocycles. The molecular formula is C13H28N2O. The first-order valence-electron chi connectivity index (χ1n) is 6.78. The van der Waals surface area contributed by atoms with Gasteiger partial charge < -0.3 is 15.3 Å². The molecule has 0 aliphatic carbocycles. The number of hydrogen-bond donors (Lipinski definition) is 2. The molecule has 1 rings (SSSR count). The van der Waals surface area contributed by atoms with Gasteiger partial charge in [0.05, 0.1) is 6.10 Å². The predicted octanol–water partition coefficient (Wildman–Crippen LogP) is 1.47. The number of likely N-dealkylation sites (tertiary alicyclic amines) is 1. The largest absolute Gasteiger partial charge is 0.393 e. The number of rotatable bonds is 6. The maximum Gasteiger partial charge on any atom is 0.0578 e. The summed E-state index contributed by atoms with van der Waals surface area (Å²) >= 11 is 0. The fraction of sp³-hybridized carbons (Fsp3) is 1.00. The van der Waals surface area contributed by atoms with E-state index < -0.39 is 0 Å². The van der Waals surface area contributed by atoms with Crippen molar-refractivity contribution in [3.8, 4) is 0 Å². The fourth-order valence-electron chi connectivity index (χ4n) is 2.62. The van der Waals surface area contributed by atoms with Crippen LogP contribution in [-0.4, -0.2) is 48.8 Å². The molecule has 0 aromatic rings. The zero-order valence-electron chi connectivity index (χ0n) is 11.1. The van der Waals surface area contributed by atoms with Crippen molar-refractivity contribution in [2.75, 3.05) is 26.7 Å². The molecule has 0 amide bonds.